The number of alkyl halides is 3. The molecule has 0 amide bonds. The van der Waals surface area contributed by atoms with Crippen LogP contribution in [0.5, 0.6) is 0 Å². The van der Waals surface area contributed by atoms with Gasteiger partial charge in [-0.05, 0) is 23.8 Å². The minimum Gasteiger partial charge on any atom is -0.464 e. The second-order valence-corrected chi connectivity index (χ2v) is 4.72. The predicted octanol–water partition coefficient (Wildman–Crippen LogP) is 2.94. The fourth-order valence-electron chi connectivity index (χ4n) is 2.21. The molecule has 1 aromatic carbocycles. The van der Waals surface area contributed by atoms with E-state index in [4.69, 9.17) is 5.11 Å². The number of hydrogen-bond acceptors (Lipinski definition) is 3. The van der Waals surface area contributed by atoms with Crippen LogP contribution in [0.4, 0.5) is 18.0 Å². The Bertz CT molecular complexity index is 973. The summed E-state index contributed by atoms with van der Waals surface area (Å²) in [6.07, 6.45) is -4.74. The fraction of sp³-hybridized carbons (Fsp3) is 0.0714. The van der Waals surface area contributed by atoms with Crippen LogP contribution in [0.3, 0.4) is 0 Å². The molecule has 0 saturated carbocycles. The molecule has 0 radical (unpaired) electrons. The molecule has 0 atom stereocenters. The number of H-pyrrole nitrogens is 1. The monoisotopic (exact) mass is 323 g/mol. The number of carboxylic acid groups (broad SMARTS) is 1. The minimum absolute atomic E-state index is 0.0302. The Kier molecular flexibility index (Phi) is 3.20. The van der Waals surface area contributed by atoms with E-state index in [1.54, 1.807) is 0 Å². The summed E-state index contributed by atoms with van der Waals surface area (Å²) in [6.45, 7) is 0. The molecule has 2 N–H and O–H groups in total. The van der Waals surface area contributed by atoms with E-state index < -0.39 is 23.5 Å². The van der Waals surface area contributed by atoms with Crippen molar-refractivity contribution in [3.63, 3.8) is 0 Å². The Hall–Kier alpha value is -3.10. The molecule has 2 heterocycles. The number of aromatic amines is 1. The average molecular weight is 323 g/mol. The van der Waals surface area contributed by atoms with Gasteiger partial charge in [-0.3, -0.25) is 4.98 Å². The van der Waals surface area contributed by atoms with E-state index in [9.17, 15) is 22.8 Å². The zero-order chi connectivity index (χ0) is 16.8. The van der Waals surface area contributed by atoms with Gasteiger partial charge in [0.15, 0.2) is 5.65 Å². The van der Waals surface area contributed by atoms with Crippen LogP contribution in [0.15, 0.2) is 41.3 Å². The summed E-state index contributed by atoms with van der Waals surface area (Å²) < 4.78 is 38.7. The van der Waals surface area contributed by atoms with Crippen LogP contribution in [-0.4, -0.2) is 25.7 Å². The molecule has 0 bridgehead atoms. The zero-order valence-electron chi connectivity index (χ0n) is 11.3. The SMILES string of the molecule is O=C(O)n1c(=O)[nH]c2ncc(-c3cccc(C(F)(F)F)c3)cc21. The van der Waals surface area contributed by atoms with Crippen molar-refractivity contribution in [2.45, 2.75) is 6.18 Å². The van der Waals surface area contributed by atoms with Crippen molar-refractivity contribution < 1.29 is 23.1 Å². The van der Waals surface area contributed by atoms with Crippen LogP contribution in [0.25, 0.3) is 22.3 Å². The summed E-state index contributed by atoms with van der Waals surface area (Å²) in [5.41, 5.74) is -1.25. The van der Waals surface area contributed by atoms with Crippen LogP contribution < -0.4 is 5.69 Å². The molecule has 0 aliphatic rings. The lowest BCUT2D eigenvalue weighted by Gasteiger charge is -2.08. The lowest BCUT2D eigenvalue weighted by molar-refractivity contribution is -0.137. The Morgan fingerprint density at radius 1 is 1.22 bits per heavy atom. The number of hydrogen-bond donors (Lipinski definition) is 2. The third kappa shape index (κ3) is 2.56. The maximum absolute atomic E-state index is 12.8. The van der Waals surface area contributed by atoms with E-state index in [1.165, 1.54) is 24.4 Å². The normalized spacial score (nSPS) is 11.8. The molecule has 23 heavy (non-hydrogen) atoms. The highest BCUT2D eigenvalue weighted by atomic mass is 19.4. The molecule has 3 aromatic rings. The van der Waals surface area contributed by atoms with E-state index >= 15 is 0 Å². The number of nitrogens with zero attached hydrogens (tertiary/aromatic N) is 2. The van der Waals surface area contributed by atoms with E-state index in [-0.39, 0.29) is 22.3 Å². The average Bonchev–Trinajstić information content (AvgIpc) is 2.81. The first kappa shape index (κ1) is 14.8. The van der Waals surface area contributed by atoms with Crippen molar-refractivity contribution in [3.8, 4) is 11.1 Å². The molecular formula is C14H8F3N3O3. The van der Waals surface area contributed by atoms with Gasteiger partial charge in [0.1, 0.15) is 5.52 Å². The van der Waals surface area contributed by atoms with E-state index in [2.05, 4.69) is 9.97 Å². The van der Waals surface area contributed by atoms with Crippen molar-refractivity contribution in [2.24, 2.45) is 0 Å². The Labute approximate surface area is 125 Å². The van der Waals surface area contributed by atoms with E-state index in [0.29, 0.717) is 4.57 Å². The molecule has 0 saturated heterocycles. The maximum atomic E-state index is 12.8. The van der Waals surface area contributed by atoms with Gasteiger partial charge >= 0.3 is 18.0 Å². The smallest absolute Gasteiger partial charge is 0.420 e. The predicted molar refractivity (Wildman–Crippen MR) is 74.2 cm³/mol. The maximum Gasteiger partial charge on any atom is 0.420 e. The molecule has 118 valence electrons. The highest BCUT2D eigenvalue weighted by Gasteiger charge is 2.30. The zero-order valence-corrected chi connectivity index (χ0v) is 11.3. The second-order valence-electron chi connectivity index (χ2n) is 4.72. The number of rotatable bonds is 1. The van der Waals surface area contributed by atoms with Crippen molar-refractivity contribution in [1.29, 1.82) is 0 Å². The number of halogens is 3. The van der Waals surface area contributed by atoms with Gasteiger partial charge in [-0.1, -0.05) is 12.1 Å². The quantitative estimate of drug-likeness (QED) is 0.721. The van der Waals surface area contributed by atoms with Gasteiger partial charge in [-0.25, -0.2) is 14.6 Å². The van der Waals surface area contributed by atoms with Crippen LogP contribution in [0.1, 0.15) is 5.56 Å². The summed E-state index contributed by atoms with van der Waals surface area (Å²) in [7, 11) is 0. The van der Waals surface area contributed by atoms with Gasteiger partial charge in [0.25, 0.3) is 0 Å². The highest BCUT2D eigenvalue weighted by molar-refractivity contribution is 5.86. The number of pyridine rings is 1. The van der Waals surface area contributed by atoms with E-state index in [1.807, 2.05) is 0 Å². The van der Waals surface area contributed by atoms with Crippen LogP contribution in [0.2, 0.25) is 0 Å². The van der Waals surface area contributed by atoms with Gasteiger partial charge in [0.2, 0.25) is 0 Å². The fourth-order valence-corrected chi connectivity index (χ4v) is 2.21. The second kappa shape index (κ2) is 4.97. The van der Waals surface area contributed by atoms with Gasteiger partial charge in [-0.15, -0.1) is 0 Å². The number of fused-ring (bicyclic) bond motifs is 1. The lowest BCUT2D eigenvalue weighted by Crippen LogP contribution is -2.22. The summed E-state index contributed by atoms with van der Waals surface area (Å²) in [4.78, 5) is 28.8. The summed E-state index contributed by atoms with van der Waals surface area (Å²) in [5.74, 6) is 0. The summed E-state index contributed by atoms with van der Waals surface area (Å²) >= 11 is 0. The Morgan fingerprint density at radius 2 is 1.96 bits per heavy atom. The number of imidazole rings is 1. The Morgan fingerprint density at radius 3 is 2.61 bits per heavy atom. The topological polar surface area (TPSA) is 88.0 Å². The molecule has 0 aliphatic carbocycles. The standard InChI is InChI=1S/C14H8F3N3O3/c15-14(16,17)9-3-1-2-7(4-9)8-5-10-11(18-6-8)19-12(21)20(10)13(22)23/h1-6H,(H,22,23)(H,18,19,21). The minimum atomic E-state index is -4.50. The lowest BCUT2D eigenvalue weighted by atomic mass is 10.0. The van der Waals surface area contributed by atoms with Crippen molar-refractivity contribution >= 4 is 17.3 Å². The molecule has 0 aliphatic heterocycles. The molecule has 9 heteroatoms. The molecule has 2 aromatic heterocycles. The Balaban J connectivity index is 2.20. The number of aromatic nitrogens is 3. The van der Waals surface area contributed by atoms with Gasteiger partial charge in [0, 0.05) is 11.8 Å². The summed E-state index contributed by atoms with van der Waals surface area (Å²) in [6, 6.07) is 5.83. The molecular weight excluding hydrogens is 315 g/mol. The van der Waals surface area contributed by atoms with Gasteiger partial charge in [0.05, 0.1) is 5.56 Å². The van der Waals surface area contributed by atoms with Crippen LogP contribution >= 0.6 is 0 Å². The van der Waals surface area contributed by atoms with Crippen molar-refractivity contribution in [3.05, 3.63) is 52.6 Å². The van der Waals surface area contributed by atoms with E-state index in [0.717, 1.165) is 12.1 Å². The van der Waals surface area contributed by atoms with Gasteiger partial charge < -0.3 is 5.11 Å². The molecule has 6 nitrogen and oxygen atoms in total. The number of carbonyl (C=O) groups is 1. The third-order valence-electron chi connectivity index (χ3n) is 3.25. The first-order chi connectivity index (χ1) is 10.8. The van der Waals surface area contributed by atoms with Gasteiger partial charge in [-0.2, -0.15) is 17.7 Å². The number of nitrogens with one attached hydrogen (secondary N) is 1. The molecule has 0 spiro atoms. The number of benzene rings is 1. The van der Waals surface area contributed by atoms with Crippen LogP contribution in [-0.2, 0) is 6.18 Å². The first-order valence-corrected chi connectivity index (χ1v) is 6.29. The molecule has 3 rings (SSSR count). The highest BCUT2D eigenvalue weighted by Crippen LogP contribution is 2.32. The third-order valence-corrected chi connectivity index (χ3v) is 3.25. The largest absolute Gasteiger partial charge is 0.464 e. The molecule has 0 unspecified atom stereocenters. The van der Waals surface area contributed by atoms with Crippen molar-refractivity contribution in [2.75, 3.05) is 0 Å². The summed E-state index contributed by atoms with van der Waals surface area (Å²) in [5, 5.41) is 9.03. The van der Waals surface area contributed by atoms with Crippen LogP contribution in [0, 0.1) is 0 Å². The first-order valence-electron chi connectivity index (χ1n) is 6.29. The van der Waals surface area contributed by atoms with Crippen molar-refractivity contribution in [1.82, 2.24) is 14.5 Å². The molecule has 0 fully saturated rings.